The van der Waals surface area contributed by atoms with Gasteiger partial charge in [-0.15, -0.1) is 0 Å². The van der Waals surface area contributed by atoms with E-state index >= 15 is 0 Å². The van der Waals surface area contributed by atoms with Crippen molar-refractivity contribution < 1.29 is 14.0 Å². The molecule has 2 N–H and O–H groups in total. The molecule has 0 spiro atoms. The van der Waals surface area contributed by atoms with Crippen LogP contribution < -0.4 is 10.6 Å². The number of halogens is 1. The number of anilines is 1. The molecule has 2 amide bonds. The molecule has 0 unspecified atom stereocenters. The molecule has 138 valence electrons. The highest BCUT2D eigenvalue weighted by molar-refractivity contribution is 5.92. The lowest BCUT2D eigenvalue weighted by Gasteiger charge is -2.16. The Morgan fingerprint density at radius 3 is 2.31 bits per heavy atom. The predicted molar refractivity (Wildman–Crippen MR) is 100 cm³/mol. The highest BCUT2D eigenvalue weighted by atomic mass is 19.1. The first-order valence-electron chi connectivity index (χ1n) is 8.57. The van der Waals surface area contributed by atoms with Gasteiger partial charge in [-0.1, -0.05) is 30.3 Å². The van der Waals surface area contributed by atoms with Crippen LogP contribution in [0.2, 0.25) is 0 Å². The average Bonchev–Trinajstić information content (AvgIpc) is 2.61. The molecule has 6 heteroatoms. The quantitative estimate of drug-likeness (QED) is 0.678. The molecule has 5 nitrogen and oxygen atoms in total. The minimum atomic E-state index is -0.357. The van der Waals surface area contributed by atoms with Crippen LogP contribution in [0.1, 0.15) is 12.0 Å². The summed E-state index contributed by atoms with van der Waals surface area (Å²) in [6.07, 6.45) is 1.78. The number of nitrogens with one attached hydrogen (secondary N) is 2. The van der Waals surface area contributed by atoms with Crippen LogP contribution in [0.3, 0.4) is 0 Å². The van der Waals surface area contributed by atoms with Gasteiger partial charge in [0.1, 0.15) is 5.82 Å². The van der Waals surface area contributed by atoms with Gasteiger partial charge in [-0.05, 0) is 49.7 Å². The summed E-state index contributed by atoms with van der Waals surface area (Å²) < 4.78 is 12.8. The Morgan fingerprint density at radius 1 is 0.962 bits per heavy atom. The minimum absolute atomic E-state index is 0.0782. The molecule has 2 rings (SSSR count). The van der Waals surface area contributed by atoms with Crippen molar-refractivity contribution in [2.45, 2.75) is 12.8 Å². The summed E-state index contributed by atoms with van der Waals surface area (Å²) in [5.41, 5.74) is 1.77. The summed E-state index contributed by atoms with van der Waals surface area (Å²) >= 11 is 0. The molecule has 0 atom stereocenters. The van der Waals surface area contributed by atoms with Gasteiger partial charge < -0.3 is 10.6 Å². The Bertz CT molecular complexity index is 705. The summed E-state index contributed by atoms with van der Waals surface area (Å²) in [4.78, 5) is 25.5. The van der Waals surface area contributed by atoms with Gasteiger partial charge in [-0.3, -0.25) is 14.5 Å². The first kappa shape index (κ1) is 19.6. The lowest BCUT2D eigenvalue weighted by molar-refractivity contribution is -0.122. The van der Waals surface area contributed by atoms with Crippen molar-refractivity contribution in [1.29, 1.82) is 0 Å². The Labute approximate surface area is 153 Å². The molecule has 0 aromatic heterocycles. The van der Waals surface area contributed by atoms with Crippen LogP contribution in [0, 0.1) is 5.82 Å². The molecule has 0 aliphatic heterocycles. The summed E-state index contributed by atoms with van der Waals surface area (Å²) in [5.74, 6) is -0.727. The van der Waals surface area contributed by atoms with Crippen LogP contribution in [0.5, 0.6) is 0 Å². The molecule has 0 heterocycles. The third-order valence-corrected chi connectivity index (χ3v) is 3.76. The Morgan fingerprint density at radius 2 is 1.62 bits per heavy atom. The van der Waals surface area contributed by atoms with Crippen molar-refractivity contribution >= 4 is 17.5 Å². The molecule has 0 saturated carbocycles. The van der Waals surface area contributed by atoms with Crippen molar-refractivity contribution in [2.75, 3.05) is 32.0 Å². The number of carbonyl (C=O) groups excluding carboxylic acids is 2. The van der Waals surface area contributed by atoms with Gasteiger partial charge in [-0.25, -0.2) is 4.39 Å². The van der Waals surface area contributed by atoms with E-state index in [9.17, 15) is 14.0 Å². The molecule has 0 radical (unpaired) electrons. The van der Waals surface area contributed by atoms with Gasteiger partial charge in [0.05, 0.1) is 13.1 Å². The number of carbonyl (C=O) groups is 2. The van der Waals surface area contributed by atoms with Gasteiger partial charge in [0, 0.05) is 12.2 Å². The van der Waals surface area contributed by atoms with Crippen LogP contribution in [-0.2, 0) is 16.0 Å². The summed E-state index contributed by atoms with van der Waals surface area (Å²) in [7, 11) is 1.70. The fourth-order valence-corrected chi connectivity index (χ4v) is 2.50. The van der Waals surface area contributed by atoms with Gasteiger partial charge in [0.15, 0.2) is 0 Å². The molecule has 2 aromatic carbocycles. The predicted octanol–water partition coefficient (Wildman–Crippen LogP) is 2.44. The van der Waals surface area contributed by atoms with E-state index in [0.29, 0.717) is 12.2 Å². The number of aryl methyl sites for hydroxylation is 1. The summed E-state index contributed by atoms with van der Waals surface area (Å²) in [5, 5.41) is 5.52. The number of nitrogens with zero attached hydrogens (tertiary/aromatic N) is 1. The van der Waals surface area contributed by atoms with Gasteiger partial charge in [0.25, 0.3) is 0 Å². The maximum Gasteiger partial charge on any atom is 0.238 e. The van der Waals surface area contributed by atoms with Gasteiger partial charge >= 0.3 is 0 Å². The summed E-state index contributed by atoms with van der Waals surface area (Å²) in [6, 6.07) is 15.7. The molecule has 0 bridgehead atoms. The second-order valence-electron chi connectivity index (χ2n) is 6.17. The zero-order valence-corrected chi connectivity index (χ0v) is 14.9. The lowest BCUT2D eigenvalue weighted by Crippen LogP contribution is -2.39. The smallest absolute Gasteiger partial charge is 0.238 e. The van der Waals surface area contributed by atoms with Crippen LogP contribution >= 0.6 is 0 Å². The topological polar surface area (TPSA) is 61.4 Å². The van der Waals surface area contributed by atoms with Crippen LogP contribution in [-0.4, -0.2) is 43.4 Å². The maximum atomic E-state index is 12.8. The number of hydrogen-bond acceptors (Lipinski definition) is 3. The van der Waals surface area contributed by atoms with Crippen molar-refractivity contribution in [3.05, 3.63) is 66.0 Å². The Hall–Kier alpha value is -2.73. The normalized spacial score (nSPS) is 10.6. The molecular formula is C20H24FN3O2. The van der Waals surface area contributed by atoms with Crippen LogP contribution in [0.25, 0.3) is 0 Å². The number of rotatable bonds is 9. The number of benzene rings is 2. The highest BCUT2D eigenvalue weighted by Crippen LogP contribution is 2.08. The van der Waals surface area contributed by atoms with E-state index in [1.54, 1.807) is 11.9 Å². The number of likely N-dealkylation sites (N-methyl/N-ethyl adjacent to an activating group) is 1. The largest absolute Gasteiger partial charge is 0.355 e. The molecular weight excluding hydrogens is 333 g/mol. The van der Waals surface area contributed by atoms with E-state index in [0.717, 1.165) is 12.8 Å². The standard InChI is InChI=1S/C20H24FN3O2/c1-24(15-20(26)23-18-11-9-17(21)10-12-18)14-19(25)22-13-5-8-16-6-3-2-4-7-16/h2-4,6-7,9-12H,5,8,13-15H2,1H3,(H,22,25)(H,23,26). The van der Waals surface area contributed by atoms with E-state index in [4.69, 9.17) is 0 Å². The Kier molecular flexibility index (Phi) is 7.76. The second kappa shape index (κ2) is 10.3. The Balaban J connectivity index is 1.61. The van der Waals surface area contributed by atoms with E-state index < -0.39 is 0 Å². The minimum Gasteiger partial charge on any atom is -0.355 e. The van der Waals surface area contributed by atoms with E-state index in [1.165, 1.54) is 29.8 Å². The van der Waals surface area contributed by atoms with E-state index in [1.807, 2.05) is 18.2 Å². The molecule has 2 aromatic rings. The van der Waals surface area contributed by atoms with Crippen LogP contribution in [0.4, 0.5) is 10.1 Å². The first-order valence-corrected chi connectivity index (χ1v) is 8.57. The summed E-state index contributed by atoms with van der Waals surface area (Å²) in [6.45, 7) is 0.820. The molecule has 0 aliphatic rings. The van der Waals surface area contributed by atoms with Crippen molar-refractivity contribution in [3.63, 3.8) is 0 Å². The van der Waals surface area contributed by atoms with Crippen LogP contribution in [0.15, 0.2) is 54.6 Å². The zero-order valence-electron chi connectivity index (χ0n) is 14.9. The lowest BCUT2D eigenvalue weighted by atomic mass is 10.1. The van der Waals surface area contributed by atoms with E-state index in [2.05, 4.69) is 22.8 Å². The fraction of sp³-hybridized carbons (Fsp3) is 0.300. The highest BCUT2D eigenvalue weighted by Gasteiger charge is 2.10. The fourth-order valence-electron chi connectivity index (χ4n) is 2.50. The van der Waals surface area contributed by atoms with Crippen molar-refractivity contribution in [1.82, 2.24) is 10.2 Å². The third-order valence-electron chi connectivity index (χ3n) is 3.76. The second-order valence-corrected chi connectivity index (χ2v) is 6.17. The van der Waals surface area contributed by atoms with E-state index in [-0.39, 0.29) is 30.7 Å². The number of amides is 2. The first-order chi connectivity index (χ1) is 12.5. The SMILES string of the molecule is CN(CC(=O)NCCCc1ccccc1)CC(=O)Nc1ccc(F)cc1. The number of hydrogen-bond donors (Lipinski definition) is 2. The maximum absolute atomic E-state index is 12.8. The average molecular weight is 357 g/mol. The monoisotopic (exact) mass is 357 g/mol. The molecule has 26 heavy (non-hydrogen) atoms. The third kappa shape index (κ3) is 7.44. The van der Waals surface area contributed by atoms with Gasteiger partial charge in [-0.2, -0.15) is 0 Å². The molecule has 0 aliphatic carbocycles. The van der Waals surface area contributed by atoms with Gasteiger partial charge in [0.2, 0.25) is 11.8 Å². The van der Waals surface area contributed by atoms with Crippen molar-refractivity contribution in [3.8, 4) is 0 Å². The molecule has 0 saturated heterocycles. The zero-order chi connectivity index (χ0) is 18.8. The van der Waals surface area contributed by atoms with Crippen molar-refractivity contribution in [2.24, 2.45) is 0 Å². The molecule has 0 fully saturated rings.